The molecule has 0 aromatic carbocycles. The lowest BCUT2D eigenvalue weighted by atomic mass is 9.79. The highest BCUT2D eigenvalue weighted by Gasteiger charge is 2.41. The molecule has 2 aromatic heterocycles. The van der Waals surface area contributed by atoms with E-state index in [1.165, 1.54) is 56.0 Å². The molecule has 0 saturated carbocycles. The van der Waals surface area contributed by atoms with E-state index in [1.807, 2.05) is 11.3 Å². The fourth-order valence-corrected chi connectivity index (χ4v) is 5.23. The van der Waals surface area contributed by atoms with Gasteiger partial charge in [0.1, 0.15) is 0 Å². The third-order valence-corrected chi connectivity index (χ3v) is 6.41. The summed E-state index contributed by atoms with van der Waals surface area (Å²) >= 11 is 1.89. The number of rotatable bonds is 4. The first-order valence-corrected chi connectivity index (χ1v) is 9.98. The zero-order chi connectivity index (χ0) is 16.4. The molecular weight excluding hydrogens is 314 g/mol. The van der Waals surface area contributed by atoms with Crippen molar-refractivity contribution in [3.05, 3.63) is 52.0 Å². The summed E-state index contributed by atoms with van der Waals surface area (Å²) in [4.78, 5) is 11.5. The van der Waals surface area contributed by atoms with Gasteiger partial charge >= 0.3 is 0 Å². The van der Waals surface area contributed by atoms with Crippen LogP contribution in [0.25, 0.3) is 0 Å². The van der Waals surface area contributed by atoms with E-state index >= 15 is 0 Å². The number of likely N-dealkylation sites (tertiary alicyclic amines) is 2. The summed E-state index contributed by atoms with van der Waals surface area (Å²) in [6.07, 6.45) is 4.08. The maximum atomic E-state index is 4.70. The molecule has 24 heavy (non-hydrogen) atoms. The Morgan fingerprint density at radius 1 is 1.04 bits per heavy atom. The normalized spacial score (nSPS) is 25.5. The number of hydrogen-bond donors (Lipinski definition) is 0. The molecule has 4 heterocycles. The summed E-state index contributed by atoms with van der Waals surface area (Å²) in [6.45, 7) is 9.22. The van der Waals surface area contributed by atoms with Crippen LogP contribution in [-0.4, -0.2) is 41.0 Å². The van der Waals surface area contributed by atoms with E-state index in [4.69, 9.17) is 4.98 Å². The Morgan fingerprint density at radius 2 is 1.92 bits per heavy atom. The second-order valence-corrected chi connectivity index (χ2v) is 8.66. The quantitative estimate of drug-likeness (QED) is 0.840. The zero-order valence-electron chi connectivity index (χ0n) is 14.6. The molecule has 1 atom stereocenters. The van der Waals surface area contributed by atoms with E-state index in [2.05, 4.69) is 52.4 Å². The van der Waals surface area contributed by atoms with Crippen molar-refractivity contribution in [1.82, 2.24) is 14.8 Å². The van der Waals surface area contributed by atoms with Crippen molar-refractivity contribution in [2.45, 2.75) is 39.3 Å². The number of pyridine rings is 1. The molecule has 4 heteroatoms. The minimum Gasteiger partial charge on any atom is -0.298 e. The summed E-state index contributed by atoms with van der Waals surface area (Å²) in [6, 6.07) is 10.8. The lowest BCUT2D eigenvalue weighted by Gasteiger charge is -2.40. The molecule has 0 radical (unpaired) electrons. The van der Waals surface area contributed by atoms with Crippen LogP contribution in [0.1, 0.15) is 35.5 Å². The molecule has 2 aliphatic heterocycles. The molecule has 128 valence electrons. The molecule has 3 nitrogen and oxygen atoms in total. The van der Waals surface area contributed by atoms with E-state index in [1.54, 1.807) is 0 Å². The van der Waals surface area contributed by atoms with Gasteiger partial charge in [-0.25, -0.2) is 0 Å². The highest BCUT2D eigenvalue weighted by Crippen LogP contribution is 2.39. The number of aryl methyl sites for hydroxylation is 1. The highest BCUT2D eigenvalue weighted by molar-refractivity contribution is 7.09. The summed E-state index contributed by atoms with van der Waals surface area (Å²) in [5, 5.41) is 2.19. The standard InChI is InChI=1S/C20H27N3S/c1-17-5-2-6-18(21-17)13-22-10-4-8-20(15-22)9-11-23(16-20)14-19-7-3-12-24-19/h2-3,5-7,12H,4,8-11,13-16H2,1H3. The Morgan fingerprint density at radius 3 is 2.71 bits per heavy atom. The molecule has 2 aliphatic rings. The molecule has 4 rings (SSSR count). The number of thiophene rings is 1. The fraction of sp³-hybridized carbons (Fsp3) is 0.550. The number of nitrogens with zero attached hydrogens (tertiary/aromatic N) is 3. The second kappa shape index (κ2) is 6.95. The van der Waals surface area contributed by atoms with E-state index in [9.17, 15) is 0 Å². The second-order valence-electron chi connectivity index (χ2n) is 7.62. The van der Waals surface area contributed by atoms with Gasteiger partial charge in [-0.3, -0.25) is 14.8 Å². The smallest absolute Gasteiger partial charge is 0.0547 e. The molecule has 1 unspecified atom stereocenters. The Bertz CT molecular complexity index is 669. The molecule has 0 N–H and O–H groups in total. The van der Waals surface area contributed by atoms with Gasteiger partial charge in [0, 0.05) is 36.8 Å². The van der Waals surface area contributed by atoms with Crippen molar-refractivity contribution >= 4 is 11.3 Å². The predicted octanol–water partition coefficient (Wildman–Crippen LogP) is 3.94. The molecule has 2 aromatic rings. The van der Waals surface area contributed by atoms with Crippen LogP contribution in [-0.2, 0) is 13.1 Å². The Balaban J connectivity index is 1.37. The summed E-state index contributed by atoms with van der Waals surface area (Å²) in [7, 11) is 0. The molecule has 0 bridgehead atoms. The van der Waals surface area contributed by atoms with Crippen molar-refractivity contribution in [3.8, 4) is 0 Å². The first-order chi connectivity index (χ1) is 11.7. The molecule has 0 aliphatic carbocycles. The molecular formula is C20H27N3S. The first-order valence-electron chi connectivity index (χ1n) is 9.11. The predicted molar refractivity (Wildman–Crippen MR) is 100 cm³/mol. The van der Waals surface area contributed by atoms with Gasteiger partial charge in [-0.1, -0.05) is 12.1 Å². The van der Waals surface area contributed by atoms with Gasteiger partial charge in [-0.15, -0.1) is 11.3 Å². The third-order valence-electron chi connectivity index (χ3n) is 5.55. The van der Waals surface area contributed by atoms with Gasteiger partial charge in [-0.05, 0) is 68.3 Å². The average Bonchev–Trinajstić information content (AvgIpc) is 3.19. The van der Waals surface area contributed by atoms with Gasteiger partial charge in [0.05, 0.1) is 5.69 Å². The molecule has 2 saturated heterocycles. The Labute approximate surface area is 149 Å². The topological polar surface area (TPSA) is 19.4 Å². The monoisotopic (exact) mass is 341 g/mol. The Hall–Kier alpha value is -1.23. The summed E-state index contributed by atoms with van der Waals surface area (Å²) in [5.74, 6) is 0. The van der Waals surface area contributed by atoms with Crippen molar-refractivity contribution in [2.75, 3.05) is 26.2 Å². The van der Waals surface area contributed by atoms with Gasteiger partial charge in [0.2, 0.25) is 0 Å². The first kappa shape index (κ1) is 16.2. The molecule has 2 fully saturated rings. The Kier molecular flexibility index (Phi) is 4.70. The number of hydrogen-bond acceptors (Lipinski definition) is 4. The van der Waals surface area contributed by atoms with Gasteiger partial charge in [0.25, 0.3) is 0 Å². The van der Waals surface area contributed by atoms with Crippen LogP contribution in [0.5, 0.6) is 0 Å². The minimum absolute atomic E-state index is 0.513. The lowest BCUT2D eigenvalue weighted by Crippen LogP contribution is -2.44. The van der Waals surface area contributed by atoms with E-state index < -0.39 is 0 Å². The van der Waals surface area contributed by atoms with Crippen molar-refractivity contribution in [2.24, 2.45) is 5.41 Å². The van der Waals surface area contributed by atoms with E-state index in [0.29, 0.717) is 5.41 Å². The van der Waals surface area contributed by atoms with Crippen LogP contribution in [0.15, 0.2) is 35.7 Å². The van der Waals surface area contributed by atoms with Crippen LogP contribution in [0.3, 0.4) is 0 Å². The van der Waals surface area contributed by atoms with E-state index in [0.717, 1.165) is 18.8 Å². The maximum Gasteiger partial charge on any atom is 0.0547 e. The van der Waals surface area contributed by atoms with Crippen LogP contribution in [0, 0.1) is 12.3 Å². The highest BCUT2D eigenvalue weighted by atomic mass is 32.1. The van der Waals surface area contributed by atoms with Crippen LogP contribution in [0.2, 0.25) is 0 Å². The van der Waals surface area contributed by atoms with Gasteiger partial charge < -0.3 is 0 Å². The van der Waals surface area contributed by atoms with Crippen molar-refractivity contribution in [1.29, 1.82) is 0 Å². The average molecular weight is 342 g/mol. The van der Waals surface area contributed by atoms with E-state index in [-0.39, 0.29) is 0 Å². The van der Waals surface area contributed by atoms with Gasteiger partial charge in [0.15, 0.2) is 0 Å². The SMILES string of the molecule is Cc1cccc(CN2CCCC3(CCN(Cc4cccs4)C3)C2)n1. The fourth-order valence-electron chi connectivity index (χ4n) is 4.48. The summed E-state index contributed by atoms with van der Waals surface area (Å²) < 4.78 is 0. The summed E-state index contributed by atoms with van der Waals surface area (Å²) in [5.41, 5.74) is 2.86. The van der Waals surface area contributed by atoms with Crippen molar-refractivity contribution < 1.29 is 0 Å². The minimum atomic E-state index is 0.513. The largest absolute Gasteiger partial charge is 0.298 e. The third kappa shape index (κ3) is 3.71. The molecule has 0 amide bonds. The lowest BCUT2D eigenvalue weighted by molar-refractivity contribution is 0.0858. The van der Waals surface area contributed by atoms with Crippen LogP contribution < -0.4 is 0 Å². The van der Waals surface area contributed by atoms with Crippen LogP contribution in [0.4, 0.5) is 0 Å². The van der Waals surface area contributed by atoms with Crippen molar-refractivity contribution in [3.63, 3.8) is 0 Å². The zero-order valence-corrected chi connectivity index (χ0v) is 15.4. The van der Waals surface area contributed by atoms with Crippen LogP contribution >= 0.6 is 11.3 Å². The molecule has 1 spiro atoms. The maximum absolute atomic E-state index is 4.70. The number of piperidine rings is 1. The number of aromatic nitrogens is 1. The van der Waals surface area contributed by atoms with Gasteiger partial charge in [-0.2, -0.15) is 0 Å².